The summed E-state index contributed by atoms with van der Waals surface area (Å²) < 4.78 is 16.1. The molecule has 0 fully saturated rings. The lowest BCUT2D eigenvalue weighted by Crippen LogP contribution is -2.18. The highest BCUT2D eigenvalue weighted by molar-refractivity contribution is 7.17. The summed E-state index contributed by atoms with van der Waals surface area (Å²) in [5.41, 5.74) is 2.19. The largest absolute Gasteiger partial charge is 0.275 e. The number of hydrogen-bond donors (Lipinski definition) is 0. The van der Waals surface area contributed by atoms with E-state index in [9.17, 15) is 9.18 Å². The van der Waals surface area contributed by atoms with Crippen molar-refractivity contribution in [2.45, 2.75) is 0 Å². The second-order valence-electron chi connectivity index (χ2n) is 5.45. The Bertz CT molecular complexity index is 1130. The molecule has 4 rings (SSSR count). The summed E-state index contributed by atoms with van der Waals surface area (Å²) >= 11 is 1.29. The molecule has 0 spiro atoms. The maximum atomic E-state index is 14.1. The Hall–Kier alpha value is -3.05. The quantitative estimate of drug-likeness (QED) is 0.667. The standard InChI is InChI=1S/C20H13FN2OS/c21-17-11-7-6-10-15(17)16-12-25-19-18(16)22-13-23(20(19)24)14-8-4-2-1-3-5-9-14/h1-13H. The first-order valence-corrected chi connectivity index (χ1v) is 8.59. The highest BCUT2D eigenvalue weighted by atomic mass is 32.1. The Labute approximate surface area is 147 Å². The third-order valence-electron chi connectivity index (χ3n) is 3.90. The molecule has 0 N–H and O–H groups in total. The van der Waals surface area contributed by atoms with Gasteiger partial charge in [0.2, 0.25) is 0 Å². The molecule has 0 radical (unpaired) electrons. The maximum Gasteiger partial charge on any atom is 0.275 e. The van der Waals surface area contributed by atoms with E-state index in [2.05, 4.69) is 4.98 Å². The van der Waals surface area contributed by atoms with Crippen molar-refractivity contribution in [3.05, 3.63) is 94.7 Å². The number of rotatable bonds is 2. The van der Waals surface area contributed by atoms with Crippen molar-refractivity contribution in [1.29, 1.82) is 0 Å². The van der Waals surface area contributed by atoms with Crippen LogP contribution in [-0.4, -0.2) is 9.55 Å². The highest BCUT2D eigenvalue weighted by Crippen LogP contribution is 2.32. The lowest BCUT2D eigenvalue weighted by atomic mass is 10.1. The molecule has 2 heterocycles. The second-order valence-corrected chi connectivity index (χ2v) is 6.33. The first-order valence-electron chi connectivity index (χ1n) is 7.71. The van der Waals surface area contributed by atoms with Crippen LogP contribution in [0.25, 0.3) is 27.0 Å². The Morgan fingerprint density at radius 2 is 1.80 bits per heavy atom. The van der Waals surface area contributed by atoms with Crippen LogP contribution in [0.1, 0.15) is 0 Å². The zero-order chi connectivity index (χ0) is 17.2. The third-order valence-corrected chi connectivity index (χ3v) is 4.86. The SMILES string of the molecule is O=c1c2scc(-c3ccccc3F)c2ncn1C1=CC=CC=CC=C1. The van der Waals surface area contributed by atoms with Crippen LogP contribution >= 0.6 is 11.3 Å². The first kappa shape index (κ1) is 15.5. The van der Waals surface area contributed by atoms with Crippen molar-refractivity contribution < 1.29 is 4.39 Å². The second kappa shape index (κ2) is 6.45. The van der Waals surface area contributed by atoms with E-state index in [1.54, 1.807) is 23.6 Å². The molecular formula is C20H13FN2OS. The molecule has 0 amide bonds. The van der Waals surface area contributed by atoms with Gasteiger partial charge in [-0.25, -0.2) is 9.37 Å². The molecule has 1 aromatic carbocycles. The highest BCUT2D eigenvalue weighted by Gasteiger charge is 2.15. The molecule has 0 aliphatic heterocycles. The van der Waals surface area contributed by atoms with Crippen molar-refractivity contribution in [3.8, 4) is 11.1 Å². The Kier molecular flexibility index (Phi) is 3.99. The summed E-state index contributed by atoms with van der Waals surface area (Å²) in [5, 5.41) is 1.78. The van der Waals surface area contributed by atoms with Gasteiger partial charge in [-0.05, 0) is 18.2 Å². The molecule has 1 aliphatic rings. The van der Waals surface area contributed by atoms with Crippen LogP contribution in [-0.2, 0) is 0 Å². The summed E-state index contributed by atoms with van der Waals surface area (Å²) in [7, 11) is 0. The molecular weight excluding hydrogens is 335 g/mol. The normalized spacial score (nSPS) is 13.7. The summed E-state index contributed by atoms with van der Waals surface area (Å²) in [5.74, 6) is -0.323. The third kappa shape index (κ3) is 2.79. The van der Waals surface area contributed by atoms with Crippen molar-refractivity contribution in [2.75, 3.05) is 0 Å². The van der Waals surface area contributed by atoms with Gasteiger partial charge in [-0.15, -0.1) is 11.3 Å². The van der Waals surface area contributed by atoms with Crippen LogP contribution in [0.2, 0.25) is 0 Å². The van der Waals surface area contributed by atoms with Gasteiger partial charge in [-0.2, -0.15) is 0 Å². The van der Waals surface area contributed by atoms with Gasteiger partial charge in [-0.1, -0.05) is 48.6 Å². The van der Waals surface area contributed by atoms with Crippen LogP contribution in [0.15, 0.2) is 83.3 Å². The van der Waals surface area contributed by atoms with Gasteiger partial charge in [0.15, 0.2) is 0 Å². The molecule has 5 heteroatoms. The zero-order valence-corrected chi connectivity index (χ0v) is 13.9. The van der Waals surface area contributed by atoms with Crippen molar-refractivity contribution in [1.82, 2.24) is 9.55 Å². The fourth-order valence-electron chi connectivity index (χ4n) is 2.68. The van der Waals surface area contributed by atoms with Crippen molar-refractivity contribution in [2.24, 2.45) is 0 Å². The van der Waals surface area contributed by atoms with Gasteiger partial charge in [0, 0.05) is 16.5 Å². The molecule has 25 heavy (non-hydrogen) atoms. The van der Waals surface area contributed by atoms with Gasteiger partial charge in [0.05, 0.1) is 11.2 Å². The number of aromatic nitrogens is 2. The van der Waals surface area contributed by atoms with Crippen LogP contribution in [0.5, 0.6) is 0 Å². The van der Waals surface area contributed by atoms with E-state index in [1.165, 1.54) is 28.3 Å². The molecule has 0 saturated carbocycles. The monoisotopic (exact) mass is 348 g/mol. The summed E-state index contributed by atoms with van der Waals surface area (Å²) in [4.78, 5) is 17.3. The predicted octanol–water partition coefficient (Wildman–Crippen LogP) is 4.79. The molecule has 122 valence electrons. The zero-order valence-electron chi connectivity index (χ0n) is 13.1. The van der Waals surface area contributed by atoms with Gasteiger partial charge in [-0.3, -0.25) is 9.36 Å². The minimum absolute atomic E-state index is 0.161. The number of nitrogens with zero attached hydrogens (tertiary/aromatic N) is 2. The molecule has 0 unspecified atom stereocenters. The van der Waals surface area contributed by atoms with E-state index in [0.717, 1.165) is 5.70 Å². The maximum absolute atomic E-state index is 14.1. The van der Waals surface area contributed by atoms with Crippen LogP contribution in [0.3, 0.4) is 0 Å². The van der Waals surface area contributed by atoms with Gasteiger partial charge in [0.1, 0.15) is 16.8 Å². The summed E-state index contributed by atoms with van der Waals surface area (Å²) in [6.45, 7) is 0. The van der Waals surface area contributed by atoms with E-state index >= 15 is 0 Å². The Balaban J connectivity index is 1.89. The lowest BCUT2D eigenvalue weighted by molar-refractivity contribution is 0.631. The minimum atomic E-state index is -0.323. The molecule has 0 bridgehead atoms. The van der Waals surface area contributed by atoms with Crippen LogP contribution in [0, 0.1) is 5.82 Å². The fourth-order valence-corrected chi connectivity index (χ4v) is 3.63. The topological polar surface area (TPSA) is 34.9 Å². The molecule has 2 aromatic heterocycles. The average Bonchev–Trinajstić information content (AvgIpc) is 3.01. The molecule has 1 aliphatic carbocycles. The van der Waals surface area contributed by atoms with Gasteiger partial charge >= 0.3 is 0 Å². The predicted molar refractivity (Wildman–Crippen MR) is 101 cm³/mol. The minimum Gasteiger partial charge on any atom is -0.267 e. The molecule has 3 nitrogen and oxygen atoms in total. The number of hydrogen-bond acceptors (Lipinski definition) is 3. The van der Waals surface area contributed by atoms with Crippen molar-refractivity contribution >= 4 is 27.3 Å². The van der Waals surface area contributed by atoms with Crippen LogP contribution < -0.4 is 5.56 Å². The van der Waals surface area contributed by atoms with E-state index in [0.29, 0.717) is 21.3 Å². The van der Waals surface area contributed by atoms with E-state index in [-0.39, 0.29) is 11.4 Å². The molecule has 3 aromatic rings. The smallest absolute Gasteiger partial charge is 0.267 e. The number of halogens is 1. The van der Waals surface area contributed by atoms with Gasteiger partial charge < -0.3 is 0 Å². The lowest BCUT2D eigenvalue weighted by Gasteiger charge is -2.07. The Morgan fingerprint density at radius 3 is 2.68 bits per heavy atom. The van der Waals surface area contributed by atoms with Crippen LogP contribution in [0.4, 0.5) is 4.39 Å². The number of allylic oxidation sites excluding steroid dienone is 8. The van der Waals surface area contributed by atoms with E-state index < -0.39 is 0 Å². The first-order chi connectivity index (χ1) is 12.3. The number of benzene rings is 1. The number of fused-ring (bicyclic) bond motifs is 1. The number of thiophene rings is 1. The van der Waals surface area contributed by atoms with E-state index in [1.807, 2.05) is 42.5 Å². The molecule has 0 atom stereocenters. The fraction of sp³-hybridized carbons (Fsp3) is 0. The van der Waals surface area contributed by atoms with E-state index in [4.69, 9.17) is 0 Å². The van der Waals surface area contributed by atoms with Gasteiger partial charge in [0.25, 0.3) is 5.56 Å². The summed E-state index contributed by atoms with van der Waals surface area (Å²) in [6, 6.07) is 6.52. The van der Waals surface area contributed by atoms with Crippen molar-refractivity contribution in [3.63, 3.8) is 0 Å². The summed E-state index contributed by atoms with van der Waals surface area (Å²) in [6.07, 6.45) is 14.6. The Morgan fingerprint density at radius 1 is 1.00 bits per heavy atom. The average molecular weight is 348 g/mol. The molecule has 0 saturated heterocycles.